The van der Waals surface area contributed by atoms with Crippen molar-refractivity contribution in [2.45, 2.75) is 92.5 Å². The molecule has 1 unspecified atom stereocenters. The van der Waals surface area contributed by atoms with Crippen molar-refractivity contribution in [3.63, 3.8) is 0 Å². The third-order valence-corrected chi connectivity index (χ3v) is 4.62. The van der Waals surface area contributed by atoms with Gasteiger partial charge in [-0.25, -0.2) is 0 Å². The summed E-state index contributed by atoms with van der Waals surface area (Å²) in [5.74, 6) is 0.659. The van der Waals surface area contributed by atoms with Crippen LogP contribution in [0.1, 0.15) is 86.5 Å². The highest BCUT2D eigenvalue weighted by Crippen LogP contribution is 2.29. The first-order valence-electron chi connectivity index (χ1n) is 8.85. The molecule has 1 saturated carbocycles. The Bertz CT molecular complexity index is 379. The zero-order valence-corrected chi connectivity index (χ0v) is 15.4. The molecule has 1 aliphatic carbocycles. The third kappa shape index (κ3) is 6.10. The number of hydrogen-bond donors (Lipinski definition) is 1. The smallest absolute Gasteiger partial charge is 0.220 e. The maximum Gasteiger partial charge on any atom is 0.220 e. The van der Waals surface area contributed by atoms with Crippen LogP contribution in [-0.4, -0.2) is 17.7 Å². The van der Waals surface area contributed by atoms with E-state index >= 15 is 0 Å². The highest BCUT2D eigenvalue weighted by Gasteiger charge is 2.38. The van der Waals surface area contributed by atoms with Crippen molar-refractivity contribution >= 4 is 11.7 Å². The van der Waals surface area contributed by atoms with Gasteiger partial charge in [0.15, 0.2) is 5.78 Å². The standard InChI is InChI=1S/C19H35NO2/c1-18(2,3)16(17(22)19(4,5)6)20-15(21)13-14-11-9-7-8-10-12-14/h14,16H,7-13H2,1-6H3,(H,20,21). The molecule has 1 N–H and O–H groups in total. The Hall–Kier alpha value is -0.860. The van der Waals surface area contributed by atoms with Crippen molar-refractivity contribution in [1.29, 1.82) is 0 Å². The van der Waals surface area contributed by atoms with Gasteiger partial charge in [0.25, 0.3) is 0 Å². The largest absolute Gasteiger partial charge is 0.346 e. The van der Waals surface area contributed by atoms with Crippen LogP contribution in [0.5, 0.6) is 0 Å². The van der Waals surface area contributed by atoms with Gasteiger partial charge in [0.1, 0.15) is 0 Å². The van der Waals surface area contributed by atoms with E-state index in [9.17, 15) is 9.59 Å². The van der Waals surface area contributed by atoms with E-state index in [1.807, 2.05) is 41.5 Å². The van der Waals surface area contributed by atoms with Crippen molar-refractivity contribution in [2.24, 2.45) is 16.7 Å². The van der Waals surface area contributed by atoms with Gasteiger partial charge in [-0.1, -0.05) is 67.2 Å². The van der Waals surface area contributed by atoms with Crippen LogP contribution in [0.2, 0.25) is 0 Å². The van der Waals surface area contributed by atoms with E-state index in [-0.39, 0.29) is 17.1 Å². The Morgan fingerprint density at radius 2 is 1.45 bits per heavy atom. The molecule has 1 fully saturated rings. The molecule has 1 amide bonds. The van der Waals surface area contributed by atoms with Crippen molar-refractivity contribution in [2.75, 3.05) is 0 Å². The summed E-state index contributed by atoms with van der Waals surface area (Å²) in [6, 6.07) is -0.411. The topological polar surface area (TPSA) is 46.2 Å². The fraction of sp³-hybridized carbons (Fsp3) is 0.895. The molecular formula is C19H35NO2. The van der Waals surface area contributed by atoms with Crippen LogP contribution < -0.4 is 5.32 Å². The molecule has 0 saturated heterocycles. The van der Waals surface area contributed by atoms with Gasteiger partial charge in [-0.15, -0.1) is 0 Å². The van der Waals surface area contributed by atoms with Gasteiger partial charge in [0.2, 0.25) is 5.91 Å². The van der Waals surface area contributed by atoms with E-state index < -0.39 is 11.5 Å². The molecule has 0 radical (unpaired) electrons. The number of hydrogen-bond acceptors (Lipinski definition) is 2. The summed E-state index contributed by atoms with van der Waals surface area (Å²) in [6.45, 7) is 11.8. The van der Waals surface area contributed by atoms with E-state index in [1.165, 1.54) is 25.7 Å². The van der Waals surface area contributed by atoms with E-state index in [1.54, 1.807) is 0 Å². The van der Waals surface area contributed by atoms with Crippen molar-refractivity contribution in [3.05, 3.63) is 0 Å². The lowest BCUT2D eigenvalue weighted by Crippen LogP contribution is -2.52. The molecule has 0 bridgehead atoms. The summed E-state index contributed by atoms with van der Waals surface area (Å²) >= 11 is 0. The lowest BCUT2D eigenvalue weighted by molar-refractivity contribution is -0.135. The predicted octanol–water partition coefficient (Wildman–Crippen LogP) is 4.49. The number of ketones is 1. The fourth-order valence-corrected chi connectivity index (χ4v) is 3.16. The minimum Gasteiger partial charge on any atom is -0.346 e. The second-order valence-corrected chi connectivity index (χ2v) is 9.04. The molecule has 0 heterocycles. The van der Waals surface area contributed by atoms with E-state index in [0.717, 1.165) is 12.8 Å². The zero-order valence-electron chi connectivity index (χ0n) is 15.4. The third-order valence-electron chi connectivity index (χ3n) is 4.62. The summed E-state index contributed by atoms with van der Waals surface area (Å²) in [6.07, 6.45) is 7.95. The normalized spacial score (nSPS) is 19.4. The zero-order chi connectivity index (χ0) is 17.0. The maximum absolute atomic E-state index is 12.7. The summed E-state index contributed by atoms with van der Waals surface area (Å²) in [5, 5.41) is 3.04. The van der Waals surface area contributed by atoms with Crippen molar-refractivity contribution in [3.8, 4) is 0 Å². The van der Waals surface area contributed by atoms with E-state index in [4.69, 9.17) is 0 Å². The highest BCUT2D eigenvalue weighted by atomic mass is 16.2. The van der Waals surface area contributed by atoms with Crippen LogP contribution in [0.3, 0.4) is 0 Å². The van der Waals surface area contributed by atoms with Gasteiger partial charge in [-0.2, -0.15) is 0 Å². The molecule has 1 atom stereocenters. The Morgan fingerprint density at radius 1 is 0.955 bits per heavy atom. The molecule has 22 heavy (non-hydrogen) atoms. The summed E-state index contributed by atoms with van der Waals surface area (Å²) in [7, 11) is 0. The molecule has 1 rings (SSSR count). The summed E-state index contributed by atoms with van der Waals surface area (Å²) < 4.78 is 0. The molecule has 0 aromatic rings. The predicted molar refractivity (Wildman–Crippen MR) is 91.7 cm³/mol. The number of nitrogens with one attached hydrogen (secondary N) is 1. The van der Waals surface area contributed by atoms with Crippen molar-refractivity contribution in [1.82, 2.24) is 5.32 Å². The number of Topliss-reactive ketones (excluding diaryl/α,β-unsaturated/α-hetero) is 1. The maximum atomic E-state index is 12.7. The molecule has 0 spiro atoms. The molecule has 0 aromatic heterocycles. The Balaban J connectivity index is 2.69. The van der Waals surface area contributed by atoms with Crippen LogP contribution >= 0.6 is 0 Å². The molecular weight excluding hydrogens is 274 g/mol. The number of carbonyl (C=O) groups excluding carboxylic acids is 2. The lowest BCUT2D eigenvalue weighted by Gasteiger charge is -2.35. The van der Waals surface area contributed by atoms with Crippen LogP contribution in [0.4, 0.5) is 0 Å². The average Bonchev–Trinajstić information content (AvgIpc) is 2.61. The van der Waals surface area contributed by atoms with Crippen LogP contribution in [0.25, 0.3) is 0 Å². The molecule has 0 aromatic carbocycles. The Morgan fingerprint density at radius 3 is 1.86 bits per heavy atom. The van der Waals surface area contributed by atoms with Gasteiger partial charge in [0, 0.05) is 11.8 Å². The molecule has 1 aliphatic rings. The quantitative estimate of drug-likeness (QED) is 0.778. The molecule has 128 valence electrons. The number of carbonyl (C=O) groups is 2. The van der Waals surface area contributed by atoms with Gasteiger partial charge in [-0.3, -0.25) is 9.59 Å². The first-order chi connectivity index (χ1) is 10.0. The second-order valence-electron chi connectivity index (χ2n) is 9.04. The first kappa shape index (κ1) is 19.2. The van der Waals surface area contributed by atoms with Crippen LogP contribution in [0, 0.1) is 16.7 Å². The van der Waals surface area contributed by atoms with Crippen molar-refractivity contribution < 1.29 is 9.59 Å². The number of amides is 1. The van der Waals surface area contributed by atoms with Crippen LogP contribution in [-0.2, 0) is 9.59 Å². The molecule has 3 heteroatoms. The summed E-state index contributed by atoms with van der Waals surface area (Å²) in [5.41, 5.74) is -0.697. The minimum atomic E-state index is -0.437. The van der Waals surface area contributed by atoms with Gasteiger partial charge < -0.3 is 5.32 Å². The Labute approximate surface area is 136 Å². The average molecular weight is 309 g/mol. The lowest BCUT2D eigenvalue weighted by atomic mass is 9.75. The minimum absolute atomic E-state index is 0.0458. The van der Waals surface area contributed by atoms with Gasteiger partial charge >= 0.3 is 0 Å². The number of rotatable bonds is 4. The van der Waals surface area contributed by atoms with E-state index in [2.05, 4.69) is 5.32 Å². The molecule has 3 nitrogen and oxygen atoms in total. The Kier molecular flexibility index (Phi) is 6.64. The van der Waals surface area contributed by atoms with E-state index in [0.29, 0.717) is 12.3 Å². The van der Waals surface area contributed by atoms with Gasteiger partial charge in [-0.05, 0) is 24.2 Å². The highest BCUT2D eigenvalue weighted by molar-refractivity contribution is 5.93. The molecule has 0 aliphatic heterocycles. The van der Waals surface area contributed by atoms with Gasteiger partial charge in [0.05, 0.1) is 6.04 Å². The monoisotopic (exact) mass is 309 g/mol. The fourth-order valence-electron chi connectivity index (χ4n) is 3.16. The van der Waals surface area contributed by atoms with Crippen LogP contribution in [0.15, 0.2) is 0 Å². The first-order valence-corrected chi connectivity index (χ1v) is 8.85. The second kappa shape index (κ2) is 7.61. The SMILES string of the molecule is CC(C)(C)C(=O)C(NC(=O)CC1CCCCCC1)C(C)(C)C. The summed E-state index contributed by atoms with van der Waals surface area (Å²) in [4.78, 5) is 25.1.